The summed E-state index contributed by atoms with van der Waals surface area (Å²) in [4.78, 5) is 9.81. The van der Waals surface area contributed by atoms with Crippen molar-refractivity contribution in [2.75, 3.05) is 6.54 Å². The third kappa shape index (κ3) is 5.03. The van der Waals surface area contributed by atoms with Crippen molar-refractivity contribution in [2.45, 2.75) is 13.3 Å². The minimum atomic E-state index is 0.516. The molecule has 0 fully saturated rings. The topological polar surface area (TPSA) is 53.0 Å². The van der Waals surface area contributed by atoms with Crippen LogP contribution in [0.15, 0.2) is 11.8 Å². The Balaban J connectivity index is 3.33. The highest BCUT2D eigenvalue weighted by Crippen LogP contribution is 1.81. The van der Waals surface area contributed by atoms with Crippen molar-refractivity contribution >= 4 is 12.5 Å². The summed E-state index contributed by atoms with van der Waals surface area (Å²) in [5, 5.41) is 9.68. The zero-order valence-electron chi connectivity index (χ0n) is 6.05. The molecule has 0 aliphatic heterocycles. The number of carbonyl (C=O) groups is 1. The molecule has 0 aromatic carbocycles. The molecule has 0 bridgehead atoms. The highest BCUT2D eigenvalue weighted by atomic mass is 16.1. The SMILES string of the molecule is C/C(C=N)=C/NCCC=O. The third-order valence-corrected chi connectivity index (χ3v) is 0.964. The van der Waals surface area contributed by atoms with Crippen LogP contribution in [0.5, 0.6) is 0 Å². The largest absolute Gasteiger partial charge is 0.390 e. The van der Waals surface area contributed by atoms with Crippen LogP contribution in [0.4, 0.5) is 0 Å². The van der Waals surface area contributed by atoms with Crippen LogP contribution in [0, 0.1) is 5.41 Å². The predicted octanol–water partition coefficient (Wildman–Crippen LogP) is 0.718. The average Bonchev–Trinajstić information content (AvgIpc) is 1.98. The van der Waals surface area contributed by atoms with Gasteiger partial charge >= 0.3 is 0 Å². The number of rotatable bonds is 5. The van der Waals surface area contributed by atoms with E-state index in [9.17, 15) is 4.79 Å². The van der Waals surface area contributed by atoms with Gasteiger partial charge in [0.1, 0.15) is 6.29 Å². The standard InChI is InChI=1S/C7H12N2O/c1-7(5-8)6-9-3-2-4-10/h4-6,8-9H,2-3H2,1H3/b7-6-,8-5?. The van der Waals surface area contributed by atoms with E-state index < -0.39 is 0 Å². The molecule has 0 amide bonds. The Morgan fingerprint density at radius 1 is 1.70 bits per heavy atom. The molecule has 0 aromatic heterocycles. The Bertz CT molecular complexity index is 141. The Labute approximate surface area is 60.6 Å². The van der Waals surface area contributed by atoms with Gasteiger partial charge in [-0.15, -0.1) is 0 Å². The van der Waals surface area contributed by atoms with E-state index in [-0.39, 0.29) is 0 Å². The first-order valence-corrected chi connectivity index (χ1v) is 3.15. The van der Waals surface area contributed by atoms with Gasteiger partial charge in [0, 0.05) is 25.4 Å². The van der Waals surface area contributed by atoms with Gasteiger partial charge in [-0.25, -0.2) is 0 Å². The fourth-order valence-electron chi connectivity index (χ4n) is 0.417. The third-order valence-electron chi connectivity index (χ3n) is 0.964. The van der Waals surface area contributed by atoms with E-state index in [0.29, 0.717) is 13.0 Å². The number of aldehydes is 1. The number of hydrogen-bond acceptors (Lipinski definition) is 3. The molecule has 0 aliphatic rings. The Kier molecular flexibility index (Phi) is 5.33. The first kappa shape index (κ1) is 8.88. The van der Waals surface area contributed by atoms with E-state index >= 15 is 0 Å². The zero-order chi connectivity index (χ0) is 7.82. The molecule has 0 rings (SSSR count). The van der Waals surface area contributed by atoms with Gasteiger partial charge in [0.15, 0.2) is 0 Å². The second-order valence-corrected chi connectivity index (χ2v) is 1.94. The van der Waals surface area contributed by atoms with Gasteiger partial charge in [0.05, 0.1) is 0 Å². The van der Waals surface area contributed by atoms with Crippen molar-refractivity contribution in [3.05, 3.63) is 11.8 Å². The minimum Gasteiger partial charge on any atom is -0.390 e. The maximum Gasteiger partial charge on any atom is 0.121 e. The lowest BCUT2D eigenvalue weighted by molar-refractivity contribution is -0.107. The highest BCUT2D eigenvalue weighted by Gasteiger charge is 1.80. The molecule has 56 valence electrons. The van der Waals surface area contributed by atoms with E-state index in [1.165, 1.54) is 6.21 Å². The lowest BCUT2D eigenvalue weighted by Gasteiger charge is -1.94. The van der Waals surface area contributed by atoms with Gasteiger partial charge in [0.2, 0.25) is 0 Å². The average molecular weight is 140 g/mol. The molecular weight excluding hydrogens is 128 g/mol. The summed E-state index contributed by atoms with van der Waals surface area (Å²) < 4.78 is 0. The number of hydrogen-bond donors (Lipinski definition) is 2. The summed E-state index contributed by atoms with van der Waals surface area (Å²) in [6.45, 7) is 2.47. The first-order chi connectivity index (χ1) is 4.81. The summed E-state index contributed by atoms with van der Waals surface area (Å²) in [5.41, 5.74) is 0.853. The molecule has 0 atom stereocenters. The normalized spacial score (nSPS) is 10.7. The summed E-state index contributed by atoms with van der Waals surface area (Å²) in [5.74, 6) is 0. The van der Waals surface area contributed by atoms with Crippen molar-refractivity contribution in [1.82, 2.24) is 5.32 Å². The van der Waals surface area contributed by atoms with Gasteiger partial charge < -0.3 is 15.5 Å². The minimum absolute atomic E-state index is 0.516. The molecule has 0 unspecified atom stereocenters. The lowest BCUT2D eigenvalue weighted by Crippen LogP contribution is -2.08. The maximum atomic E-state index is 9.81. The quantitative estimate of drug-likeness (QED) is 0.336. The Hall–Kier alpha value is -1.12. The van der Waals surface area contributed by atoms with Crippen LogP contribution < -0.4 is 5.32 Å². The number of nitrogens with one attached hydrogen (secondary N) is 2. The maximum absolute atomic E-state index is 9.81. The molecular formula is C7H12N2O. The Morgan fingerprint density at radius 2 is 2.40 bits per heavy atom. The molecule has 0 saturated heterocycles. The molecule has 0 spiro atoms. The second-order valence-electron chi connectivity index (χ2n) is 1.94. The van der Waals surface area contributed by atoms with Crippen LogP contribution in [-0.4, -0.2) is 19.0 Å². The molecule has 2 N–H and O–H groups in total. The molecule has 0 aromatic rings. The van der Waals surface area contributed by atoms with Crippen LogP contribution >= 0.6 is 0 Å². The highest BCUT2D eigenvalue weighted by molar-refractivity contribution is 5.74. The van der Waals surface area contributed by atoms with E-state index in [0.717, 1.165) is 11.9 Å². The van der Waals surface area contributed by atoms with Crippen LogP contribution in [-0.2, 0) is 4.79 Å². The fourth-order valence-corrected chi connectivity index (χ4v) is 0.417. The molecule has 0 heterocycles. The first-order valence-electron chi connectivity index (χ1n) is 3.15. The Morgan fingerprint density at radius 3 is 2.90 bits per heavy atom. The van der Waals surface area contributed by atoms with Crippen LogP contribution in [0.2, 0.25) is 0 Å². The van der Waals surface area contributed by atoms with Gasteiger partial charge in [0.25, 0.3) is 0 Å². The molecule has 3 heteroatoms. The molecule has 0 aliphatic carbocycles. The number of allylic oxidation sites excluding steroid dienone is 1. The van der Waals surface area contributed by atoms with Crippen molar-refractivity contribution in [3.63, 3.8) is 0 Å². The van der Waals surface area contributed by atoms with Crippen molar-refractivity contribution < 1.29 is 4.79 Å². The van der Waals surface area contributed by atoms with Gasteiger partial charge in [-0.2, -0.15) is 0 Å². The van der Waals surface area contributed by atoms with E-state index in [1.807, 2.05) is 6.92 Å². The van der Waals surface area contributed by atoms with Crippen molar-refractivity contribution in [1.29, 1.82) is 5.41 Å². The summed E-state index contributed by atoms with van der Waals surface area (Å²) in [6, 6.07) is 0. The zero-order valence-corrected chi connectivity index (χ0v) is 6.05. The van der Waals surface area contributed by atoms with Crippen LogP contribution in [0.1, 0.15) is 13.3 Å². The van der Waals surface area contributed by atoms with Gasteiger partial charge in [-0.3, -0.25) is 0 Å². The summed E-state index contributed by atoms with van der Waals surface area (Å²) >= 11 is 0. The molecule has 10 heavy (non-hydrogen) atoms. The van der Waals surface area contributed by atoms with Crippen LogP contribution in [0.3, 0.4) is 0 Å². The lowest BCUT2D eigenvalue weighted by atomic mass is 10.3. The molecule has 0 radical (unpaired) electrons. The molecule has 3 nitrogen and oxygen atoms in total. The fraction of sp³-hybridized carbons (Fsp3) is 0.429. The van der Waals surface area contributed by atoms with Crippen LogP contribution in [0.25, 0.3) is 0 Å². The molecule has 0 saturated carbocycles. The van der Waals surface area contributed by atoms with E-state index in [4.69, 9.17) is 5.41 Å². The summed E-state index contributed by atoms with van der Waals surface area (Å²) in [7, 11) is 0. The van der Waals surface area contributed by atoms with Gasteiger partial charge in [-0.05, 0) is 12.5 Å². The summed E-state index contributed by atoms with van der Waals surface area (Å²) in [6.07, 6.45) is 4.35. The smallest absolute Gasteiger partial charge is 0.121 e. The monoisotopic (exact) mass is 140 g/mol. The van der Waals surface area contributed by atoms with Crippen molar-refractivity contribution in [2.24, 2.45) is 0 Å². The van der Waals surface area contributed by atoms with E-state index in [2.05, 4.69) is 5.32 Å². The van der Waals surface area contributed by atoms with Crippen molar-refractivity contribution in [3.8, 4) is 0 Å². The second kappa shape index (κ2) is 6.01. The van der Waals surface area contributed by atoms with Gasteiger partial charge in [-0.1, -0.05) is 0 Å². The number of carbonyl (C=O) groups excluding carboxylic acids is 1. The predicted molar refractivity (Wildman–Crippen MR) is 41.2 cm³/mol. The van der Waals surface area contributed by atoms with E-state index in [1.54, 1.807) is 6.20 Å².